The molecule has 38 heavy (non-hydrogen) atoms. The number of alkyl halides is 2. The lowest BCUT2D eigenvalue weighted by Crippen LogP contribution is -2.43. The fourth-order valence-corrected chi connectivity index (χ4v) is 6.25. The zero-order valence-electron chi connectivity index (χ0n) is 20.9. The van der Waals surface area contributed by atoms with Crippen molar-refractivity contribution in [1.29, 1.82) is 0 Å². The molecule has 0 radical (unpaired) electrons. The number of thiophene rings is 1. The molecule has 1 amide bonds. The number of aromatic nitrogens is 2. The molecule has 0 aromatic carbocycles. The number of nitrogens with one attached hydrogen (secondary N) is 1. The fourth-order valence-electron chi connectivity index (χ4n) is 5.23. The maximum Gasteiger partial charge on any atom is 0.276 e. The van der Waals surface area contributed by atoms with Crippen molar-refractivity contribution in [3.8, 4) is 0 Å². The van der Waals surface area contributed by atoms with Crippen molar-refractivity contribution < 1.29 is 27.1 Å². The van der Waals surface area contributed by atoms with Gasteiger partial charge in [-0.2, -0.15) is 0 Å². The van der Waals surface area contributed by atoms with Gasteiger partial charge >= 0.3 is 0 Å². The van der Waals surface area contributed by atoms with Crippen LogP contribution in [0.25, 0.3) is 10.2 Å². The molecule has 4 heterocycles. The van der Waals surface area contributed by atoms with E-state index in [0.717, 1.165) is 11.3 Å². The highest BCUT2D eigenvalue weighted by Gasteiger charge is 2.48. The summed E-state index contributed by atoms with van der Waals surface area (Å²) in [5.41, 5.74) is 13.4. The Hall–Kier alpha value is -3.03. The number of rotatable bonds is 6. The van der Waals surface area contributed by atoms with Crippen LogP contribution < -0.4 is 21.7 Å². The van der Waals surface area contributed by atoms with Crippen LogP contribution in [0.1, 0.15) is 33.0 Å². The Bertz CT molecular complexity index is 1400. The normalized spacial score (nSPS) is 21.7. The molecule has 3 unspecified atom stereocenters. The summed E-state index contributed by atoms with van der Waals surface area (Å²) in [6, 6.07) is 1.33. The summed E-state index contributed by atoms with van der Waals surface area (Å²) in [6.07, 6.45) is 1.10. The molecule has 13 heteroatoms. The minimum atomic E-state index is -3.11. The Morgan fingerprint density at radius 1 is 1.26 bits per heavy atom. The number of methoxy groups -OCH3 is 1. The number of hydrogen-bond donors (Lipinski definition) is 3. The van der Waals surface area contributed by atoms with E-state index in [1.54, 1.807) is 4.90 Å². The first-order valence-corrected chi connectivity index (χ1v) is 13.0. The molecule has 1 aliphatic heterocycles. The second-order valence-corrected chi connectivity index (χ2v) is 10.9. The van der Waals surface area contributed by atoms with Crippen LogP contribution in [0.3, 0.4) is 0 Å². The third-order valence-electron chi connectivity index (χ3n) is 7.28. The number of ether oxygens (including phenoxy) is 1. The van der Waals surface area contributed by atoms with Crippen LogP contribution in [0.5, 0.6) is 0 Å². The molecule has 5 rings (SSSR count). The Balaban J connectivity index is 1.30. The number of halogens is 4. The van der Waals surface area contributed by atoms with Gasteiger partial charge < -0.3 is 26.4 Å². The number of nitrogens with zero attached hydrogens (tertiary/aromatic N) is 3. The van der Waals surface area contributed by atoms with Gasteiger partial charge in [0, 0.05) is 55.0 Å². The third-order valence-corrected chi connectivity index (χ3v) is 8.40. The van der Waals surface area contributed by atoms with Crippen LogP contribution >= 0.6 is 11.3 Å². The summed E-state index contributed by atoms with van der Waals surface area (Å²) >= 11 is 1.07. The lowest BCUT2D eigenvalue weighted by molar-refractivity contribution is -0.105. The molecule has 3 atom stereocenters. The maximum atomic E-state index is 15.2. The van der Waals surface area contributed by atoms with Crippen LogP contribution in [0, 0.1) is 24.5 Å². The highest BCUT2D eigenvalue weighted by Crippen LogP contribution is 2.36. The largest absolute Gasteiger partial charge is 0.397 e. The molecule has 5 N–H and O–H groups in total. The van der Waals surface area contributed by atoms with Crippen LogP contribution in [0.15, 0.2) is 12.1 Å². The van der Waals surface area contributed by atoms with Gasteiger partial charge in [0.15, 0.2) is 0 Å². The van der Waals surface area contributed by atoms with E-state index in [4.69, 9.17) is 11.5 Å². The van der Waals surface area contributed by atoms with E-state index in [1.165, 1.54) is 26.2 Å². The van der Waals surface area contributed by atoms with Crippen molar-refractivity contribution in [2.45, 2.75) is 44.2 Å². The number of nitrogen functional groups attached to an aromatic ring is 1. The van der Waals surface area contributed by atoms with Gasteiger partial charge in [-0.1, -0.05) is 0 Å². The summed E-state index contributed by atoms with van der Waals surface area (Å²) in [5, 5.41) is 3.28. The van der Waals surface area contributed by atoms with Gasteiger partial charge in [-0.15, -0.1) is 11.3 Å². The quantitative estimate of drug-likeness (QED) is 0.402. The number of amides is 1. The van der Waals surface area contributed by atoms with E-state index in [-0.39, 0.29) is 47.6 Å². The number of carbonyl (C=O) groups excluding carboxylic acids is 1. The zero-order valence-corrected chi connectivity index (χ0v) is 21.7. The standard InChI is InChI=1S/C25H28F4N6O2S/c1-11-16(26)6-14-21(31)22(38-24(14)32-11)23(36)33-12-3-4-19-13(5-12)17(27)7-20(34-19)35-8-15(18(30)9-35)25(28,29)10-37-2/h6-7,12,15,18H,3-5,8-10,30-31H2,1-2H3,(H,33,36). The number of carbonyl (C=O) groups is 1. The van der Waals surface area contributed by atoms with Crippen LogP contribution in [0.2, 0.25) is 0 Å². The number of aryl methyl sites for hydroxylation is 2. The SMILES string of the molecule is COCC(F)(F)C1CN(c2cc(F)c3c(n2)CCC(NC(=O)c2sc4nc(C)c(F)cc4c2N)C3)CC1N. The van der Waals surface area contributed by atoms with Crippen LogP contribution in [0.4, 0.5) is 29.1 Å². The first kappa shape index (κ1) is 26.6. The zero-order chi connectivity index (χ0) is 27.4. The van der Waals surface area contributed by atoms with Gasteiger partial charge in [-0.25, -0.2) is 27.5 Å². The molecular formula is C25H28F4N6O2S. The van der Waals surface area contributed by atoms with Gasteiger partial charge in [-0.3, -0.25) is 4.79 Å². The predicted molar refractivity (Wildman–Crippen MR) is 137 cm³/mol. The van der Waals surface area contributed by atoms with E-state index < -0.39 is 42.0 Å². The number of nitrogens with two attached hydrogens (primary N) is 2. The smallest absolute Gasteiger partial charge is 0.276 e. The Morgan fingerprint density at radius 3 is 2.76 bits per heavy atom. The van der Waals surface area contributed by atoms with Gasteiger partial charge in [0.05, 0.1) is 17.3 Å². The summed E-state index contributed by atoms with van der Waals surface area (Å²) in [7, 11) is 1.21. The van der Waals surface area contributed by atoms with Crippen molar-refractivity contribution in [2.75, 3.05) is 37.4 Å². The Morgan fingerprint density at radius 2 is 2.03 bits per heavy atom. The first-order chi connectivity index (χ1) is 18.0. The highest BCUT2D eigenvalue weighted by molar-refractivity contribution is 7.21. The van der Waals surface area contributed by atoms with E-state index in [0.29, 0.717) is 34.3 Å². The molecule has 204 valence electrons. The van der Waals surface area contributed by atoms with E-state index in [9.17, 15) is 18.0 Å². The summed E-state index contributed by atoms with van der Waals surface area (Å²) in [5.74, 6) is -5.43. The Kier molecular flexibility index (Phi) is 6.95. The van der Waals surface area contributed by atoms with Crippen molar-refractivity contribution in [3.63, 3.8) is 0 Å². The molecule has 0 saturated carbocycles. The molecule has 0 spiro atoms. The molecular weight excluding hydrogens is 524 g/mol. The van der Waals surface area contributed by atoms with Gasteiger partial charge in [-0.05, 0) is 32.3 Å². The topological polar surface area (TPSA) is 119 Å². The monoisotopic (exact) mass is 552 g/mol. The average Bonchev–Trinajstić information content (AvgIpc) is 3.40. The fraction of sp³-hybridized carbons (Fsp3) is 0.480. The highest BCUT2D eigenvalue weighted by atomic mass is 32.1. The summed E-state index contributed by atoms with van der Waals surface area (Å²) < 4.78 is 62.6. The molecule has 3 aromatic heterocycles. The lowest BCUT2D eigenvalue weighted by atomic mass is 9.91. The molecule has 1 aliphatic carbocycles. The van der Waals surface area contributed by atoms with E-state index >= 15 is 4.39 Å². The van der Waals surface area contributed by atoms with E-state index in [2.05, 4.69) is 20.0 Å². The minimum absolute atomic E-state index is 0.0592. The number of hydrogen-bond acceptors (Lipinski definition) is 8. The molecule has 2 aliphatic rings. The van der Waals surface area contributed by atoms with Crippen LogP contribution in [-0.2, 0) is 17.6 Å². The maximum absolute atomic E-state index is 15.2. The predicted octanol–water partition coefficient (Wildman–Crippen LogP) is 3.19. The first-order valence-electron chi connectivity index (χ1n) is 12.2. The van der Waals surface area contributed by atoms with Crippen molar-refractivity contribution in [1.82, 2.24) is 15.3 Å². The van der Waals surface area contributed by atoms with E-state index in [1.807, 2.05) is 0 Å². The minimum Gasteiger partial charge on any atom is -0.397 e. The molecule has 1 fully saturated rings. The van der Waals surface area contributed by atoms with Crippen molar-refractivity contribution >= 4 is 39.0 Å². The van der Waals surface area contributed by atoms with Gasteiger partial charge in [0.2, 0.25) is 0 Å². The Labute approximate surface area is 220 Å². The van der Waals surface area contributed by atoms with Gasteiger partial charge in [0.25, 0.3) is 11.8 Å². The third kappa shape index (κ3) is 4.78. The number of anilines is 2. The summed E-state index contributed by atoms with van der Waals surface area (Å²) in [6.45, 7) is 0.864. The molecule has 8 nitrogen and oxygen atoms in total. The molecule has 0 bridgehead atoms. The van der Waals surface area contributed by atoms with Crippen molar-refractivity contribution in [2.24, 2.45) is 11.7 Å². The summed E-state index contributed by atoms with van der Waals surface area (Å²) in [4.78, 5) is 24.0. The molecule has 3 aromatic rings. The second-order valence-electron chi connectivity index (χ2n) is 9.92. The van der Waals surface area contributed by atoms with Gasteiger partial charge in [0.1, 0.15) is 33.8 Å². The molecule has 1 saturated heterocycles. The number of pyridine rings is 2. The second kappa shape index (κ2) is 9.93. The lowest BCUT2D eigenvalue weighted by Gasteiger charge is -2.27. The van der Waals surface area contributed by atoms with Crippen LogP contribution in [-0.4, -0.2) is 60.7 Å². The average molecular weight is 553 g/mol. The number of fused-ring (bicyclic) bond motifs is 2. The van der Waals surface area contributed by atoms with Crippen molar-refractivity contribution in [3.05, 3.63) is 45.6 Å².